The molecule has 0 bridgehead atoms. The first-order valence-electron chi connectivity index (χ1n) is 11.2. The number of amides is 1. The smallest absolute Gasteiger partial charge is 0.264 e. The zero-order valence-corrected chi connectivity index (χ0v) is 21.3. The maximum atomic E-state index is 13.5. The van der Waals surface area contributed by atoms with E-state index >= 15 is 0 Å². The largest absolute Gasteiger partial charge is 0.496 e. The van der Waals surface area contributed by atoms with Crippen molar-refractivity contribution in [1.29, 1.82) is 0 Å². The second-order valence-corrected chi connectivity index (χ2v) is 10.6. The van der Waals surface area contributed by atoms with Gasteiger partial charge in [-0.25, -0.2) is 8.42 Å². The summed E-state index contributed by atoms with van der Waals surface area (Å²) in [6.07, 6.45) is -0.404. The van der Waals surface area contributed by atoms with Gasteiger partial charge in [0.2, 0.25) is 0 Å². The number of methoxy groups -OCH3 is 1. The van der Waals surface area contributed by atoms with E-state index in [4.69, 9.17) is 21.1 Å². The van der Waals surface area contributed by atoms with Crippen molar-refractivity contribution in [2.75, 3.05) is 18.0 Å². The third kappa shape index (κ3) is 5.09. The van der Waals surface area contributed by atoms with Crippen molar-refractivity contribution in [2.45, 2.75) is 37.3 Å². The topological polar surface area (TPSA) is 84.9 Å². The molecule has 0 aromatic heterocycles. The minimum atomic E-state index is -3.96. The first-order chi connectivity index (χ1) is 16.7. The van der Waals surface area contributed by atoms with Gasteiger partial charge in [0.05, 0.1) is 30.3 Å². The Morgan fingerprint density at radius 1 is 1.17 bits per heavy atom. The average molecular weight is 515 g/mol. The molecule has 9 heteroatoms. The van der Waals surface area contributed by atoms with Crippen LogP contribution in [0.15, 0.2) is 71.6 Å². The Labute approximate surface area is 210 Å². The summed E-state index contributed by atoms with van der Waals surface area (Å²) in [6.45, 7) is 3.72. The number of carbonyl (C=O) groups excluding carboxylic acids is 1. The van der Waals surface area contributed by atoms with Crippen LogP contribution in [0.5, 0.6) is 11.5 Å². The fourth-order valence-corrected chi connectivity index (χ4v) is 5.77. The molecular formula is C26H27ClN2O5S. The van der Waals surface area contributed by atoms with E-state index in [1.165, 1.54) is 22.5 Å². The Morgan fingerprint density at radius 3 is 2.57 bits per heavy atom. The number of ether oxygens (including phenoxy) is 2. The molecule has 1 aliphatic rings. The highest BCUT2D eigenvalue weighted by atomic mass is 35.5. The average Bonchev–Trinajstić information content (AvgIpc) is 2.86. The molecule has 0 saturated carbocycles. The number of hydrogen-bond donors (Lipinski definition) is 1. The van der Waals surface area contributed by atoms with Crippen molar-refractivity contribution in [1.82, 2.24) is 5.32 Å². The molecule has 1 heterocycles. The molecule has 1 aliphatic heterocycles. The van der Waals surface area contributed by atoms with E-state index in [0.29, 0.717) is 17.1 Å². The second kappa shape index (κ2) is 10.2. The van der Waals surface area contributed by atoms with Crippen molar-refractivity contribution in [2.24, 2.45) is 0 Å². The van der Waals surface area contributed by atoms with Crippen LogP contribution in [0.3, 0.4) is 0 Å². The van der Waals surface area contributed by atoms with Crippen LogP contribution in [0.2, 0.25) is 5.02 Å². The first-order valence-corrected chi connectivity index (χ1v) is 13.0. The predicted octanol–water partition coefficient (Wildman–Crippen LogP) is 4.88. The lowest BCUT2D eigenvalue weighted by molar-refractivity contribution is -0.128. The van der Waals surface area contributed by atoms with Gasteiger partial charge in [0.25, 0.3) is 15.9 Å². The summed E-state index contributed by atoms with van der Waals surface area (Å²) in [7, 11) is -2.34. The second-order valence-electron chi connectivity index (χ2n) is 8.27. The van der Waals surface area contributed by atoms with Crippen LogP contribution >= 0.6 is 11.6 Å². The highest BCUT2D eigenvalue weighted by Crippen LogP contribution is 2.39. The minimum Gasteiger partial charge on any atom is -0.496 e. The molecule has 35 heavy (non-hydrogen) atoms. The van der Waals surface area contributed by atoms with Crippen LogP contribution in [-0.4, -0.2) is 34.1 Å². The number of anilines is 1. The number of carbonyl (C=O) groups is 1. The summed E-state index contributed by atoms with van der Waals surface area (Å²) in [4.78, 5) is 13.4. The monoisotopic (exact) mass is 514 g/mol. The van der Waals surface area contributed by atoms with Crippen LogP contribution in [0.25, 0.3) is 0 Å². The predicted molar refractivity (Wildman–Crippen MR) is 136 cm³/mol. The lowest BCUT2D eigenvalue weighted by Crippen LogP contribution is -2.51. The fourth-order valence-electron chi connectivity index (χ4n) is 4.11. The molecule has 1 N–H and O–H groups in total. The van der Waals surface area contributed by atoms with Gasteiger partial charge in [-0.05, 0) is 60.9 Å². The van der Waals surface area contributed by atoms with E-state index in [1.807, 2.05) is 32.0 Å². The summed E-state index contributed by atoms with van der Waals surface area (Å²) in [5.74, 6) is 0.635. The van der Waals surface area contributed by atoms with Gasteiger partial charge in [0.15, 0.2) is 6.10 Å². The molecule has 4 rings (SSSR count). The van der Waals surface area contributed by atoms with E-state index in [0.717, 1.165) is 16.9 Å². The van der Waals surface area contributed by atoms with Crippen LogP contribution in [0, 0.1) is 6.92 Å². The molecule has 2 unspecified atom stereocenters. The summed E-state index contributed by atoms with van der Waals surface area (Å²) in [5, 5.41) is 3.38. The summed E-state index contributed by atoms with van der Waals surface area (Å²) in [6, 6.07) is 18.3. The highest BCUT2D eigenvalue weighted by molar-refractivity contribution is 7.92. The summed E-state index contributed by atoms with van der Waals surface area (Å²) < 4.78 is 39.5. The Hall–Kier alpha value is -3.23. The van der Waals surface area contributed by atoms with Gasteiger partial charge in [0, 0.05) is 5.02 Å². The quantitative estimate of drug-likeness (QED) is 0.485. The number of halogens is 1. The van der Waals surface area contributed by atoms with Crippen LogP contribution < -0.4 is 19.1 Å². The Bertz CT molecular complexity index is 1330. The lowest BCUT2D eigenvalue weighted by atomic mass is 10.0. The molecule has 0 aliphatic carbocycles. The van der Waals surface area contributed by atoms with Crippen LogP contribution in [0.1, 0.15) is 30.5 Å². The zero-order chi connectivity index (χ0) is 25.2. The molecule has 184 valence electrons. The van der Waals surface area contributed by atoms with Crippen molar-refractivity contribution in [3.05, 3.63) is 82.9 Å². The normalized spacial score (nSPS) is 16.1. The third-order valence-corrected chi connectivity index (χ3v) is 7.99. The fraction of sp³-hybridized carbons (Fsp3) is 0.269. The van der Waals surface area contributed by atoms with Crippen molar-refractivity contribution in [3.8, 4) is 11.5 Å². The Kier molecular flexibility index (Phi) is 7.23. The van der Waals surface area contributed by atoms with E-state index in [1.54, 1.807) is 37.4 Å². The van der Waals surface area contributed by atoms with Gasteiger partial charge >= 0.3 is 0 Å². The minimum absolute atomic E-state index is 0.118. The maximum absolute atomic E-state index is 13.5. The standard InChI is InChI=1S/C26H27ClN2O5S/c1-4-21(18-10-12-23(33-3)17(2)14-18)28-26(30)25-16-29(22-15-19(27)11-13-24(22)34-25)35(31,32)20-8-6-5-7-9-20/h5-15,21,25H,4,16H2,1-3H3,(H,28,30). The summed E-state index contributed by atoms with van der Waals surface area (Å²) >= 11 is 6.16. The molecule has 0 saturated heterocycles. The molecular weight excluding hydrogens is 488 g/mol. The lowest BCUT2D eigenvalue weighted by Gasteiger charge is -2.35. The van der Waals surface area contributed by atoms with Crippen LogP contribution in [-0.2, 0) is 14.8 Å². The van der Waals surface area contributed by atoms with Gasteiger partial charge in [-0.1, -0.05) is 48.9 Å². The molecule has 2 atom stereocenters. The van der Waals surface area contributed by atoms with Gasteiger partial charge in [0.1, 0.15) is 11.5 Å². The van der Waals surface area contributed by atoms with E-state index in [9.17, 15) is 13.2 Å². The molecule has 0 fully saturated rings. The zero-order valence-electron chi connectivity index (χ0n) is 19.7. The number of nitrogens with one attached hydrogen (secondary N) is 1. The number of sulfonamides is 1. The summed E-state index contributed by atoms with van der Waals surface area (Å²) in [5.41, 5.74) is 2.18. The number of fused-ring (bicyclic) bond motifs is 1. The number of aryl methyl sites for hydroxylation is 1. The molecule has 7 nitrogen and oxygen atoms in total. The number of benzene rings is 3. The van der Waals surface area contributed by atoms with Crippen molar-refractivity contribution in [3.63, 3.8) is 0 Å². The van der Waals surface area contributed by atoms with E-state index in [-0.39, 0.29) is 23.2 Å². The first kappa shape index (κ1) is 24.9. The van der Waals surface area contributed by atoms with Crippen molar-refractivity contribution < 1.29 is 22.7 Å². The van der Waals surface area contributed by atoms with Gasteiger partial charge in [-0.2, -0.15) is 0 Å². The Balaban J connectivity index is 1.63. The van der Waals surface area contributed by atoms with Crippen LogP contribution in [0.4, 0.5) is 5.69 Å². The number of nitrogens with zero attached hydrogens (tertiary/aromatic N) is 1. The molecule has 0 radical (unpaired) electrons. The number of hydrogen-bond acceptors (Lipinski definition) is 5. The Morgan fingerprint density at radius 2 is 1.91 bits per heavy atom. The van der Waals surface area contributed by atoms with Gasteiger partial charge in [-0.3, -0.25) is 9.10 Å². The SMILES string of the molecule is CCC(NC(=O)C1CN(S(=O)(=O)c2ccccc2)c2cc(Cl)ccc2O1)c1ccc(OC)c(C)c1. The number of rotatable bonds is 7. The molecule has 0 spiro atoms. The molecule has 3 aromatic rings. The van der Waals surface area contributed by atoms with Crippen molar-refractivity contribution >= 4 is 33.2 Å². The highest BCUT2D eigenvalue weighted by Gasteiger charge is 2.38. The van der Waals surface area contributed by atoms with E-state index in [2.05, 4.69) is 5.32 Å². The molecule has 3 aromatic carbocycles. The van der Waals surface area contributed by atoms with Gasteiger partial charge < -0.3 is 14.8 Å². The van der Waals surface area contributed by atoms with E-state index < -0.39 is 22.0 Å². The molecule has 1 amide bonds. The van der Waals surface area contributed by atoms with Gasteiger partial charge in [-0.15, -0.1) is 0 Å². The third-order valence-electron chi connectivity index (χ3n) is 5.96. The maximum Gasteiger partial charge on any atom is 0.264 e.